The average molecular weight is 1440 g/mol. The van der Waals surface area contributed by atoms with Crippen molar-refractivity contribution >= 4 is 47.3 Å². The van der Waals surface area contributed by atoms with Gasteiger partial charge in [-0.2, -0.15) is 0 Å². The highest BCUT2D eigenvalue weighted by Crippen LogP contribution is 2.25. The van der Waals surface area contributed by atoms with Crippen molar-refractivity contribution in [2.24, 2.45) is 0 Å². The number of aliphatic hydroxyl groups is 9. The Kier molecular flexibility index (Phi) is 41.7. The fourth-order valence-corrected chi connectivity index (χ4v) is 10.4. The molecule has 3 saturated heterocycles. The molecule has 0 saturated carbocycles. The van der Waals surface area contributed by atoms with Gasteiger partial charge in [0.15, 0.2) is 25.0 Å². The minimum absolute atomic E-state index is 0.0189. The molecule has 19 atom stereocenters. The number of ether oxygens (including phenoxy) is 12. The fourth-order valence-electron chi connectivity index (χ4n) is 10.4. The molecule has 4 rings (SSSR count). The van der Waals surface area contributed by atoms with Crippen LogP contribution in [0.4, 0.5) is 0 Å². The summed E-state index contributed by atoms with van der Waals surface area (Å²) in [7, 11) is 0. The number of rotatable bonds is 49. The van der Waals surface area contributed by atoms with Crippen LogP contribution in [0.5, 0.6) is 0 Å². The van der Waals surface area contributed by atoms with E-state index < -0.39 is 190 Å². The molecule has 7 amide bonds. The van der Waals surface area contributed by atoms with Gasteiger partial charge in [-0.25, -0.2) is 4.79 Å². The van der Waals surface area contributed by atoms with Crippen LogP contribution in [-0.4, -0.2) is 328 Å². The quantitative estimate of drug-likeness (QED) is 0.0213. The van der Waals surface area contributed by atoms with Crippen molar-refractivity contribution in [1.29, 1.82) is 0 Å². The average Bonchev–Trinajstić information content (AvgIpc) is 0.825. The first kappa shape index (κ1) is 86.5. The molecule has 37 nitrogen and oxygen atoms in total. The van der Waals surface area contributed by atoms with Crippen LogP contribution in [0.15, 0.2) is 30.3 Å². The Morgan fingerprint density at radius 2 is 0.900 bits per heavy atom. The summed E-state index contributed by atoms with van der Waals surface area (Å²) in [5.41, 5.74) is 0.815. The Hall–Kier alpha value is -5.86. The Balaban J connectivity index is 1.35. The zero-order valence-corrected chi connectivity index (χ0v) is 57.2. The van der Waals surface area contributed by atoms with E-state index >= 15 is 0 Å². The molecule has 37 heteroatoms. The lowest BCUT2D eigenvalue weighted by molar-refractivity contribution is -0.272. The molecular weight excluding hydrogens is 1330 g/mol. The van der Waals surface area contributed by atoms with Crippen molar-refractivity contribution in [3.05, 3.63) is 35.9 Å². The zero-order valence-electron chi connectivity index (χ0n) is 57.2. The third-order valence-electron chi connectivity index (χ3n) is 15.8. The molecule has 0 aliphatic carbocycles. The lowest BCUT2D eigenvalue weighted by Crippen LogP contribution is -2.64. The van der Waals surface area contributed by atoms with E-state index in [1.54, 1.807) is 20.8 Å². The molecular formula is C63H106N8O29. The smallest absolute Gasteiger partial charge is 0.335 e. The van der Waals surface area contributed by atoms with E-state index in [1.165, 1.54) is 13.8 Å². The number of esters is 1. The second kappa shape index (κ2) is 48.2. The van der Waals surface area contributed by atoms with Crippen LogP contribution in [0.2, 0.25) is 0 Å². The molecule has 17 N–H and O–H groups in total. The Labute approximate surface area is 579 Å². The normalized spacial score (nSPS) is 26.4. The van der Waals surface area contributed by atoms with Gasteiger partial charge in [-0.05, 0) is 45.2 Å². The first-order chi connectivity index (χ1) is 47.9. The number of benzene rings is 1. The molecule has 19 unspecified atom stereocenters. The van der Waals surface area contributed by atoms with Gasteiger partial charge in [0.1, 0.15) is 85.7 Å². The van der Waals surface area contributed by atoms with Gasteiger partial charge in [0.2, 0.25) is 41.4 Å². The first-order valence-corrected chi connectivity index (χ1v) is 33.5. The van der Waals surface area contributed by atoms with Crippen molar-refractivity contribution in [2.45, 2.75) is 196 Å². The van der Waals surface area contributed by atoms with E-state index in [4.69, 9.17) is 56.8 Å². The summed E-state index contributed by atoms with van der Waals surface area (Å²) in [6, 6.07) is 3.27. The predicted octanol–water partition coefficient (Wildman–Crippen LogP) is -7.40. The van der Waals surface area contributed by atoms with Crippen LogP contribution in [0.1, 0.15) is 78.7 Å². The SMILES string of the molecule is CCNC1C(OCCOCCNC(=O)C(CCC(=O)NCCOCCOC2OC(CO)C(O)C(O)C2NC(C)=O)NC(=O)CCC(NC(=O)CCOC(C)CCOC(C)C(=O)OCc2ccccc2)C(=O)NCCOCCOC2OC(CO)C(O)C(O)C2NC(C)=O)OC(CO)C(O)C1O. The zero-order chi connectivity index (χ0) is 73.5. The maximum atomic E-state index is 13.8. The largest absolute Gasteiger partial charge is 0.459 e. The standard InChI is InChI=1S/C63H106N8O29/c1-6-64-49-55(83)52(80)43(32-72)98-61(49)94-29-26-90-24-19-66-58(86)41(12-14-46(77)65-18-23-89-27-30-95-62-50(68-38(4)75)56(84)53(81)44(33-73)99-62)70-47(78)15-13-42(59(87)67-20-25-91-28-31-96-63-51(69-39(5)76)57(85)54(82)45(34-74)100-63)71-48(79)17-22-92-36(2)16-21-93-37(3)60(88)97-35-40-10-8-7-9-11-40/h7-11,36-37,41-45,49-57,61-64,72-74,80-85H,6,12-35H2,1-5H3,(H,65,77)(H,66,86)(H,67,87)(H,68,75)(H,69,76)(H,70,78)(H,71,79). The van der Waals surface area contributed by atoms with Crippen LogP contribution in [0.3, 0.4) is 0 Å². The molecule has 3 aliphatic heterocycles. The second-order valence-corrected chi connectivity index (χ2v) is 23.7. The summed E-state index contributed by atoms with van der Waals surface area (Å²) in [4.78, 5) is 104. The van der Waals surface area contributed by atoms with Gasteiger partial charge in [-0.3, -0.25) is 33.6 Å². The third-order valence-corrected chi connectivity index (χ3v) is 15.8. The van der Waals surface area contributed by atoms with Gasteiger partial charge in [-0.1, -0.05) is 37.3 Å². The van der Waals surface area contributed by atoms with Crippen molar-refractivity contribution < 1.29 is 141 Å². The van der Waals surface area contributed by atoms with Crippen molar-refractivity contribution in [1.82, 2.24) is 42.5 Å². The predicted molar refractivity (Wildman–Crippen MR) is 344 cm³/mol. The molecule has 3 heterocycles. The second-order valence-electron chi connectivity index (χ2n) is 23.7. The molecule has 100 heavy (non-hydrogen) atoms. The number of aliphatic hydroxyl groups excluding tert-OH is 9. The number of amides is 7. The van der Waals surface area contributed by atoms with Crippen molar-refractivity contribution in [3.8, 4) is 0 Å². The minimum Gasteiger partial charge on any atom is -0.459 e. The fraction of sp³-hybridized carbons (Fsp3) is 0.778. The van der Waals surface area contributed by atoms with Gasteiger partial charge < -0.3 is 145 Å². The highest BCUT2D eigenvalue weighted by atomic mass is 16.7. The number of hydrogen-bond donors (Lipinski definition) is 17. The molecule has 0 aromatic heterocycles. The summed E-state index contributed by atoms with van der Waals surface area (Å²) in [6.45, 7) is 5.10. The van der Waals surface area contributed by atoms with Crippen molar-refractivity contribution in [2.75, 3.05) is 119 Å². The third kappa shape index (κ3) is 31.4. The Morgan fingerprint density at radius 1 is 0.480 bits per heavy atom. The topological polar surface area (TPSA) is 526 Å². The van der Waals surface area contributed by atoms with E-state index in [-0.39, 0.29) is 125 Å². The summed E-state index contributed by atoms with van der Waals surface area (Å²) >= 11 is 0. The van der Waals surface area contributed by atoms with E-state index in [0.29, 0.717) is 13.0 Å². The van der Waals surface area contributed by atoms with Crippen LogP contribution >= 0.6 is 0 Å². The summed E-state index contributed by atoms with van der Waals surface area (Å²) in [5.74, 6) is -5.02. The lowest BCUT2D eigenvalue weighted by atomic mass is 9.97. The molecule has 1 aromatic carbocycles. The molecule has 572 valence electrons. The Bertz CT molecular complexity index is 2560. The van der Waals surface area contributed by atoms with Gasteiger partial charge in [0, 0.05) is 52.7 Å². The summed E-state index contributed by atoms with van der Waals surface area (Å²) in [6.07, 6.45) is -18.4. The molecule has 0 radical (unpaired) electrons. The molecule has 3 fully saturated rings. The molecule has 0 bridgehead atoms. The summed E-state index contributed by atoms with van der Waals surface area (Å²) in [5, 5.41) is 113. The van der Waals surface area contributed by atoms with E-state index in [1.807, 2.05) is 30.3 Å². The first-order valence-electron chi connectivity index (χ1n) is 33.5. The highest BCUT2D eigenvalue weighted by Gasteiger charge is 2.48. The monoisotopic (exact) mass is 1440 g/mol. The van der Waals surface area contributed by atoms with Crippen LogP contribution in [-0.2, 0) is 102 Å². The van der Waals surface area contributed by atoms with Crippen LogP contribution < -0.4 is 42.5 Å². The molecule has 3 aliphatic rings. The minimum atomic E-state index is -1.54. The number of likely N-dealkylation sites (N-methyl/N-ethyl adjacent to an activating group) is 1. The molecule has 0 spiro atoms. The number of nitrogens with one attached hydrogen (secondary N) is 8. The van der Waals surface area contributed by atoms with Gasteiger partial charge >= 0.3 is 5.97 Å². The highest BCUT2D eigenvalue weighted by molar-refractivity contribution is 5.90. The van der Waals surface area contributed by atoms with Gasteiger partial charge in [0.05, 0.1) is 105 Å². The summed E-state index contributed by atoms with van der Waals surface area (Å²) < 4.78 is 67.4. The van der Waals surface area contributed by atoms with Crippen LogP contribution in [0.25, 0.3) is 0 Å². The maximum absolute atomic E-state index is 13.8. The number of carbonyl (C=O) groups is 8. The van der Waals surface area contributed by atoms with Crippen molar-refractivity contribution in [3.63, 3.8) is 0 Å². The lowest BCUT2D eigenvalue weighted by Gasteiger charge is -2.42. The molecule has 1 aromatic rings. The number of carbonyl (C=O) groups excluding carboxylic acids is 8. The number of hydrogen-bond acceptors (Lipinski definition) is 30. The maximum Gasteiger partial charge on any atom is 0.335 e. The van der Waals surface area contributed by atoms with E-state index in [9.17, 15) is 84.3 Å². The van der Waals surface area contributed by atoms with Gasteiger partial charge in [0.25, 0.3) is 0 Å². The van der Waals surface area contributed by atoms with E-state index in [2.05, 4.69) is 42.5 Å². The van der Waals surface area contributed by atoms with Crippen LogP contribution in [0, 0.1) is 0 Å². The van der Waals surface area contributed by atoms with Gasteiger partial charge in [-0.15, -0.1) is 0 Å². The van der Waals surface area contributed by atoms with E-state index in [0.717, 1.165) is 5.56 Å². The Morgan fingerprint density at radius 3 is 1.34 bits per heavy atom.